The summed E-state index contributed by atoms with van der Waals surface area (Å²) in [5.41, 5.74) is -0.0391. The van der Waals surface area contributed by atoms with Gasteiger partial charge in [-0.2, -0.15) is 0 Å². The summed E-state index contributed by atoms with van der Waals surface area (Å²) in [4.78, 5) is 24.7. The minimum atomic E-state index is -1.18. The van der Waals surface area contributed by atoms with Gasteiger partial charge in [0.05, 0.1) is 5.56 Å². The molecule has 3 rings (SSSR count). The predicted octanol–water partition coefficient (Wildman–Crippen LogP) is 3.81. The van der Waals surface area contributed by atoms with E-state index in [9.17, 15) is 14.7 Å². The molecule has 0 aliphatic heterocycles. The molecule has 0 aromatic heterocycles. The van der Waals surface area contributed by atoms with E-state index in [-0.39, 0.29) is 0 Å². The normalized spacial score (nSPS) is 23.4. The van der Waals surface area contributed by atoms with E-state index < -0.39 is 23.5 Å². The molecule has 124 valence electrons. The average molecular weight is 324 g/mol. The summed E-state index contributed by atoms with van der Waals surface area (Å²) in [7, 11) is 0. The lowest BCUT2D eigenvalue weighted by atomic mass is 9.67. The second-order valence-electron chi connectivity index (χ2n) is 6.15. The zero-order valence-corrected chi connectivity index (χ0v) is 13.4. The molecule has 2 aromatic rings. The number of carboxylic acids is 1. The fourth-order valence-electron chi connectivity index (χ4n) is 3.51. The molecule has 1 aliphatic rings. The van der Waals surface area contributed by atoms with Crippen molar-refractivity contribution in [2.75, 3.05) is 0 Å². The van der Waals surface area contributed by atoms with E-state index in [1.54, 1.807) is 24.3 Å². The maximum Gasteiger partial charge on any atom is 0.338 e. The molecule has 2 atom stereocenters. The minimum Gasteiger partial charge on any atom is -0.480 e. The van der Waals surface area contributed by atoms with Gasteiger partial charge < -0.3 is 9.84 Å². The van der Waals surface area contributed by atoms with Gasteiger partial charge >= 0.3 is 11.9 Å². The molecule has 0 spiro atoms. The molecule has 2 aromatic carbocycles. The Balaban J connectivity index is 1.94. The highest BCUT2D eigenvalue weighted by molar-refractivity contribution is 5.90. The summed E-state index contributed by atoms with van der Waals surface area (Å²) in [6.07, 6.45) is 2.02. The fourth-order valence-corrected chi connectivity index (χ4v) is 3.51. The largest absolute Gasteiger partial charge is 0.480 e. The van der Waals surface area contributed by atoms with Crippen LogP contribution in [0.3, 0.4) is 0 Å². The third-order valence-electron chi connectivity index (χ3n) is 4.77. The molecule has 24 heavy (non-hydrogen) atoms. The smallest absolute Gasteiger partial charge is 0.338 e. The first kappa shape index (κ1) is 16.2. The molecule has 1 saturated carbocycles. The number of aliphatic carboxylic acids is 1. The molecule has 2 unspecified atom stereocenters. The molecule has 0 bridgehead atoms. The Kier molecular flexibility index (Phi) is 4.65. The Labute approximate surface area is 141 Å². The number of benzene rings is 2. The first-order valence-corrected chi connectivity index (χ1v) is 8.19. The highest BCUT2D eigenvalue weighted by Crippen LogP contribution is 2.42. The van der Waals surface area contributed by atoms with Crippen LogP contribution in [-0.2, 0) is 14.9 Å². The van der Waals surface area contributed by atoms with Crippen LogP contribution in [0.1, 0.15) is 41.6 Å². The van der Waals surface area contributed by atoms with Gasteiger partial charge in [-0.25, -0.2) is 4.79 Å². The van der Waals surface area contributed by atoms with Gasteiger partial charge in [-0.1, -0.05) is 55.0 Å². The quantitative estimate of drug-likeness (QED) is 0.869. The summed E-state index contributed by atoms with van der Waals surface area (Å²) in [6, 6.07) is 17.8. The van der Waals surface area contributed by atoms with Crippen LogP contribution < -0.4 is 0 Å². The number of hydrogen-bond donors (Lipinski definition) is 1. The van der Waals surface area contributed by atoms with Gasteiger partial charge in [0.25, 0.3) is 0 Å². The van der Waals surface area contributed by atoms with Gasteiger partial charge in [-0.05, 0) is 37.0 Å². The Morgan fingerprint density at radius 2 is 1.58 bits per heavy atom. The van der Waals surface area contributed by atoms with Crippen LogP contribution in [0.2, 0.25) is 0 Å². The Bertz CT molecular complexity index is 711. The van der Waals surface area contributed by atoms with Crippen molar-refractivity contribution >= 4 is 11.9 Å². The molecule has 4 nitrogen and oxygen atoms in total. The summed E-state index contributed by atoms with van der Waals surface area (Å²) < 4.78 is 5.69. The van der Waals surface area contributed by atoms with Crippen LogP contribution in [0.15, 0.2) is 60.7 Å². The molecule has 1 aliphatic carbocycles. The van der Waals surface area contributed by atoms with Crippen molar-refractivity contribution in [3.63, 3.8) is 0 Å². The lowest BCUT2D eigenvalue weighted by Crippen LogP contribution is -2.50. The van der Waals surface area contributed by atoms with Gasteiger partial charge in [0, 0.05) is 0 Å². The fraction of sp³-hybridized carbons (Fsp3) is 0.300. The Hall–Kier alpha value is -2.62. The highest BCUT2D eigenvalue weighted by Gasteiger charge is 2.51. The average Bonchev–Trinajstić information content (AvgIpc) is 2.63. The molecule has 0 radical (unpaired) electrons. The van der Waals surface area contributed by atoms with Crippen molar-refractivity contribution in [2.24, 2.45) is 0 Å². The van der Waals surface area contributed by atoms with E-state index in [0.29, 0.717) is 24.0 Å². The number of carboxylic acid groups (broad SMARTS) is 1. The zero-order valence-electron chi connectivity index (χ0n) is 13.4. The van der Waals surface area contributed by atoms with Crippen LogP contribution in [0, 0.1) is 0 Å². The van der Waals surface area contributed by atoms with Crippen molar-refractivity contribution in [3.8, 4) is 0 Å². The molecule has 0 saturated heterocycles. The van der Waals surface area contributed by atoms with Gasteiger partial charge in [0.2, 0.25) is 0 Å². The standard InChI is InChI=1S/C20H20O4/c21-18(15-9-3-1-4-10-15)24-17-13-7-8-14-20(17,19(22)23)16-11-5-2-6-12-16/h1-6,9-12,17H,7-8,13-14H2,(H,22,23). The maximum absolute atomic E-state index is 12.4. The highest BCUT2D eigenvalue weighted by atomic mass is 16.5. The Morgan fingerprint density at radius 1 is 0.958 bits per heavy atom. The van der Waals surface area contributed by atoms with Crippen LogP contribution in [0.5, 0.6) is 0 Å². The van der Waals surface area contributed by atoms with Crippen molar-refractivity contribution in [3.05, 3.63) is 71.8 Å². The molecular formula is C20H20O4. The summed E-state index contributed by atoms with van der Waals surface area (Å²) in [5.74, 6) is -1.40. The number of rotatable bonds is 4. The van der Waals surface area contributed by atoms with E-state index in [4.69, 9.17) is 4.74 Å². The van der Waals surface area contributed by atoms with Gasteiger partial charge in [-0.15, -0.1) is 0 Å². The summed E-state index contributed by atoms with van der Waals surface area (Å²) in [6.45, 7) is 0. The topological polar surface area (TPSA) is 63.6 Å². The van der Waals surface area contributed by atoms with Crippen molar-refractivity contribution in [1.29, 1.82) is 0 Å². The maximum atomic E-state index is 12.4. The molecule has 1 N–H and O–H groups in total. The van der Waals surface area contributed by atoms with Gasteiger partial charge in [0.15, 0.2) is 0 Å². The van der Waals surface area contributed by atoms with E-state index in [0.717, 1.165) is 12.8 Å². The number of esters is 1. The molecule has 1 fully saturated rings. The third kappa shape index (κ3) is 2.92. The lowest BCUT2D eigenvalue weighted by molar-refractivity contribution is -0.151. The van der Waals surface area contributed by atoms with Crippen LogP contribution >= 0.6 is 0 Å². The van der Waals surface area contributed by atoms with Crippen molar-refractivity contribution in [2.45, 2.75) is 37.2 Å². The summed E-state index contributed by atoms with van der Waals surface area (Å²) in [5, 5.41) is 10.0. The van der Waals surface area contributed by atoms with E-state index in [1.165, 1.54) is 0 Å². The number of carbonyl (C=O) groups is 2. The number of hydrogen-bond acceptors (Lipinski definition) is 3. The van der Waals surface area contributed by atoms with Crippen molar-refractivity contribution in [1.82, 2.24) is 0 Å². The van der Waals surface area contributed by atoms with Gasteiger partial charge in [0.1, 0.15) is 11.5 Å². The van der Waals surface area contributed by atoms with Gasteiger partial charge in [-0.3, -0.25) is 4.79 Å². The van der Waals surface area contributed by atoms with Crippen LogP contribution in [0.25, 0.3) is 0 Å². The first-order valence-electron chi connectivity index (χ1n) is 8.19. The Morgan fingerprint density at radius 3 is 2.21 bits per heavy atom. The monoisotopic (exact) mass is 324 g/mol. The summed E-state index contributed by atoms with van der Waals surface area (Å²) >= 11 is 0. The SMILES string of the molecule is O=C(OC1CCCCC1(C(=O)O)c1ccccc1)c1ccccc1. The van der Waals surface area contributed by atoms with E-state index in [1.807, 2.05) is 36.4 Å². The molecular weight excluding hydrogens is 304 g/mol. The number of ether oxygens (including phenoxy) is 1. The van der Waals surface area contributed by atoms with Crippen LogP contribution in [-0.4, -0.2) is 23.1 Å². The molecule has 4 heteroatoms. The molecule has 0 heterocycles. The number of carbonyl (C=O) groups excluding carboxylic acids is 1. The molecule has 0 amide bonds. The second-order valence-corrected chi connectivity index (χ2v) is 6.15. The zero-order chi connectivity index (χ0) is 17.0. The van der Waals surface area contributed by atoms with Crippen LogP contribution in [0.4, 0.5) is 0 Å². The van der Waals surface area contributed by atoms with Crippen molar-refractivity contribution < 1.29 is 19.4 Å². The second kappa shape index (κ2) is 6.87. The third-order valence-corrected chi connectivity index (χ3v) is 4.77. The van der Waals surface area contributed by atoms with E-state index in [2.05, 4.69) is 0 Å². The van der Waals surface area contributed by atoms with E-state index >= 15 is 0 Å². The minimum absolute atomic E-state index is 0.440. The first-order chi connectivity index (χ1) is 11.6. The predicted molar refractivity (Wildman–Crippen MR) is 89.9 cm³/mol. The lowest BCUT2D eigenvalue weighted by Gasteiger charge is -2.40.